The fraction of sp³-hybridized carbons (Fsp3) is 0.318. The van der Waals surface area contributed by atoms with Crippen LogP contribution in [0.4, 0.5) is 5.13 Å². The molecule has 0 N–H and O–H groups in total. The number of piperidine rings is 1. The Morgan fingerprint density at radius 1 is 1.03 bits per heavy atom. The van der Waals surface area contributed by atoms with Gasteiger partial charge in [0, 0.05) is 29.1 Å². The van der Waals surface area contributed by atoms with Crippen LogP contribution in [-0.4, -0.2) is 31.7 Å². The molecule has 158 valence electrons. The molecular formula is C22H22Cl2N2O2S2. The molecule has 2 heterocycles. The molecule has 3 aromatic rings. The Labute approximate surface area is 191 Å². The number of benzene rings is 2. The minimum absolute atomic E-state index is 0.181. The molecule has 0 aliphatic carbocycles. The summed E-state index contributed by atoms with van der Waals surface area (Å²) in [5.74, 6) is 0. The van der Waals surface area contributed by atoms with Crippen LogP contribution < -0.4 is 4.90 Å². The fourth-order valence-corrected chi connectivity index (χ4v) is 7.23. The summed E-state index contributed by atoms with van der Waals surface area (Å²) >= 11 is 13.9. The van der Waals surface area contributed by atoms with E-state index in [0.717, 1.165) is 16.4 Å². The first-order valence-corrected chi connectivity index (χ1v) is 12.9. The molecule has 0 saturated carbocycles. The Kier molecular flexibility index (Phi) is 6.13. The Bertz CT molecular complexity index is 1180. The molecule has 0 bridgehead atoms. The van der Waals surface area contributed by atoms with Crippen LogP contribution in [0, 0.1) is 13.8 Å². The van der Waals surface area contributed by atoms with Crippen molar-refractivity contribution in [1.29, 1.82) is 0 Å². The van der Waals surface area contributed by atoms with E-state index in [1.807, 2.05) is 12.1 Å². The first kappa shape index (κ1) is 21.6. The number of halogens is 2. The van der Waals surface area contributed by atoms with Crippen molar-refractivity contribution in [3.8, 4) is 11.3 Å². The molecule has 0 atom stereocenters. The lowest BCUT2D eigenvalue weighted by molar-refractivity contribution is 0.529. The molecule has 4 rings (SSSR count). The number of anilines is 1. The number of hydrogen-bond acceptors (Lipinski definition) is 5. The van der Waals surface area contributed by atoms with E-state index in [1.165, 1.54) is 11.6 Å². The van der Waals surface area contributed by atoms with E-state index in [4.69, 9.17) is 28.2 Å². The van der Waals surface area contributed by atoms with Crippen molar-refractivity contribution in [3.05, 3.63) is 63.0 Å². The Morgan fingerprint density at radius 3 is 2.43 bits per heavy atom. The molecule has 1 fully saturated rings. The fourth-order valence-electron chi connectivity index (χ4n) is 3.78. The van der Waals surface area contributed by atoms with E-state index in [0.29, 0.717) is 36.5 Å². The average Bonchev–Trinajstić information content (AvgIpc) is 3.21. The zero-order valence-electron chi connectivity index (χ0n) is 16.7. The highest BCUT2D eigenvalue weighted by molar-refractivity contribution is 7.92. The number of hydrogen-bond donors (Lipinski definition) is 0. The predicted molar refractivity (Wildman–Crippen MR) is 126 cm³/mol. The van der Waals surface area contributed by atoms with Gasteiger partial charge in [0.15, 0.2) is 15.0 Å². The SMILES string of the molecule is Cc1cc(S(=O)(=O)C2CCN(c3nc(-c4ccccc4C)cs3)CC2)c(Cl)cc1Cl. The lowest BCUT2D eigenvalue weighted by atomic mass is 10.1. The molecule has 0 amide bonds. The standard InChI is InChI=1S/C22H22Cl2N2O2S2/c1-14-5-3-4-6-17(14)20-13-29-22(25-20)26-9-7-16(8-10-26)30(27,28)21-11-15(2)18(23)12-19(21)24/h3-6,11-13,16H,7-10H2,1-2H3. The van der Waals surface area contributed by atoms with Crippen LogP contribution in [0.1, 0.15) is 24.0 Å². The molecule has 1 aliphatic rings. The smallest absolute Gasteiger partial charge is 0.185 e. The highest BCUT2D eigenvalue weighted by Crippen LogP contribution is 2.35. The summed E-state index contributed by atoms with van der Waals surface area (Å²) in [6, 6.07) is 11.3. The molecule has 0 radical (unpaired) electrons. The van der Waals surface area contributed by atoms with Gasteiger partial charge in [0.2, 0.25) is 0 Å². The van der Waals surface area contributed by atoms with Crippen molar-refractivity contribution in [2.45, 2.75) is 36.8 Å². The van der Waals surface area contributed by atoms with Gasteiger partial charge in [-0.05, 0) is 49.9 Å². The van der Waals surface area contributed by atoms with Crippen molar-refractivity contribution < 1.29 is 8.42 Å². The van der Waals surface area contributed by atoms with Crippen molar-refractivity contribution in [3.63, 3.8) is 0 Å². The summed E-state index contributed by atoms with van der Waals surface area (Å²) in [5, 5.41) is 3.21. The van der Waals surface area contributed by atoms with Gasteiger partial charge in [-0.15, -0.1) is 11.3 Å². The van der Waals surface area contributed by atoms with E-state index >= 15 is 0 Å². The second kappa shape index (κ2) is 8.50. The second-order valence-electron chi connectivity index (χ2n) is 7.59. The zero-order valence-corrected chi connectivity index (χ0v) is 19.9. The molecule has 1 saturated heterocycles. The lowest BCUT2D eigenvalue weighted by Gasteiger charge is -2.31. The van der Waals surface area contributed by atoms with Crippen LogP contribution in [0.15, 0.2) is 46.7 Å². The van der Waals surface area contributed by atoms with Crippen LogP contribution in [0.3, 0.4) is 0 Å². The number of thiazole rings is 1. The van der Waals surface area contributed by atoms with E-state index in [-0.39, 0.29) is 9.92 Å². The van der Waals surface area contributed by atoms with Gasteiger partial charge in [0.25, 0.3) is 0 Å². The number of aromatic nitrogens is 1. The van der Waals surface area contributed by atoms with Gasteiger partial charge in [-0.3, -0.25) is 0 Å². The molecule has 4 nitrogen and oxygen atoms in total. The number of aryl methyl sites for hydroxylation is 2. The van der Waals surface area contributed by atoms with Crippen molar-refractivity contribution in [1.82, 2.24) is 4.98 Å². The van der Waals surface area contributed by atoms with Crippen LogP contribution in [0.2, 0.25) is 10.0 Å². The van der Waals surface area contributed by atoms with Crippen LogP contribution >= 0.6 is 34.5 Å². The first-order valence-electron chi connectivity index (χ1n) is 9.73. The second-order valence-corrected chi connectivity index (χ2v) is 11.4. The summed E-state index contributed by atoms with van der Waals surface area (Å²) in [6.45, 7) is 5.16. The van der Waals surface area contributed by atoms with Gasteiger partial charge in [0.1, 0.15) is 0 Å². The minimum atomic E-state index is -3.52. The van der Waals surface area contributed by atoms with Crippen molar-refractivity contribution in [2.24, 2.45) is 0 Å². The largest absolute Gasteiger partial charge is 0.348 e. The maximum Gasteiger partial charge on any atom is 0.185 e. The van der Waals surface area contributed by atoms with Gasteiger partial charge in [-0.1, -0.05) is 47.5 Å². The number of nitrogens with zero attached hydrogens (tertiary/aromatic N) is 2. The van der Waals surface area contributed by atoms with Gasteiger partial charge in [-0.25, -0.2) is 13.4 Å². The topological polar surface area (TPSA) is 50.3 Å². The number of sulfone groups is 1. The van der Waals surface area contributed by atoms with E-state index < -0.39 is 15.1 Å². The van der Waals surface area contributed by atoms with Crippen molar-refractivity contribution >= 4 is 49.5 Å². The minimum Gasteiger partial charge on any atom is -0.348 e. The zero-order chi connectivity index (χ0) is 21.5. The third kappa shape index (κ3) is 4.11. The average molecular weight is 481 g/mol. The van der Waals surface area contributed by atoms with Gasteiger partial charge in [0.05, 0.1) is 20.9 Å². The summed E-state index contributed by atoms with van der Waals surface area (Å²) in [6.07, 6.45) is 1.08. The van der Waals surface area contributed by atoms with E-state index in [1.54, 1.807) is 24.3 Å². The van der Waals surface area contributed by atoms with Gasteiger partial charge >= 0.3 is 0 Å². The monoisotopic (exact) mass is 480 g/mol. The maximum absolute atomic E-state index is 13.2. The molecule has 1 aliphatic heterocycles. The quantitative estimate of drug-likeness (QED) is 0.447. The van der Waals surface area contributed by atoms with Gasteiger partial charge in [-0.2, -0.15) is 0 Å². The number of rotatable bonds is 4. The molecule has 30 heavy (non-hydrogen) atoms. The summed E-state index contributed by atoms with van der Waals surface area (Å²) in [5.41, 5.74) is 3.99. The Morgan fingerprint density at radius 2 is 1.73 bits per heavy atom. The van der Waals surface area contributed by atoms with Crippen LogP contribution in [-0.2, 0) is 9.84 Å². The van der Waals surface area contributed by atoms with Crippen LogP contribution in [0.25, 0.3) is 11.3 Å². The van der Waals surface area contributed by atoms with E-state index in [2.05, 4.69) is 29.3 Å². The summed E-state index contributed by atoms with van der Waals surface area (Å²) in [4.78, 5) is 7.16. The predicted octanol–water partition coefficient (Wildman–Crippen LogP) is 6.18. The lowest BCUT2D eigenvalue weighted by Crippen LogP contribution is -2.39. The third-order valence-electron chi connectivity index (χ3n) is 5.58. The summed E-state index contributed by atoms with van der Waals surface area (Å²) in [7, 11) is -3.52. The molecule has 0 spiro atoms. The first-order chi connectivity index (χ1) is 14.3. The highest BCUT2D eigenvalue weighted by Gasteiger charge is 2.33. The van der Waals surface area contributed by atoms with E-state index in [9.17, 15) is 8.42 Å². The summed E-state index contributed by atoms with van der Waals surface area (Å²) < 4.78 is 26.4. The molecule has 2 aromatic carbocycles. The van der Waals surface area contributed by atoms with Crippen LogP contribution in [0.5, 0.6) is 0 Å². The maximum atomic E-state index is 13.2. The highest BCUT2D eigenvalue weighted by atomic mass is 35.5. The molecule has 0 unspecified atom stereocenters. The Balaban J connectivity index is 1.49. The third-order valence-corrected chi connectivity index (χ3v) is 9.62. The molecule has 1 aromatic heterocycles. The Hall–Kier alpha value is -1.60. The van der Waals surface area contributed by atoms with Crippen molar-refractivity contribution in [2.75, 3.05) is 18.0 Å². The molecule has 8 heteroatoms. The molecular weight excluding hydrogens is 459 g/mol. The normalized spacial score (nSPS) is 15.5. The van der Waals surface area contributed by atoms with Gasteiger partial charge < -0.3 is 4.90 Å².